The Bertz CT molecular complexity index is 1380. The van der Waals surface area contributed by atoms with Crippen LogP contribution in [0.15, 0.2) is 48.6 Å². The highest BCUT2D eigenvalue weighted by Gasteiger charge is 2.19. The van der Waals surface area contributed by atoms with Gasteiger partial charge in [0.05, 0.1) is 0 Å². The average Bonchev–Trinajstić information content (AvgIpc) is 3.46. The van der Waals surface area contributed by atoms with Crippen molar-refractivity contribution in [2.75, 3.05) is 13.2 Å². The summed E-state index contributed by atoms with van der Waals surface area (Å²) in [5.74, 6) is -0.840. The van der Waals surface area contributed by atoms with Crippen LogP contribution in [0, 0.1) is 0 Å². The number of carbonyl (C=O) groups excluding carboxylic acids is 3. The van der Waals surface area contributed by atoms with Gasteiger partial charge in [-0.1, -0.05) is 358 Å². The van der Waals surface area contributed by atoms with Crippen LogP contribution in [0.25, 0.3) is 0 Å². The average molecular weight is 1120 g/mol. The van der Waals surface area contributed by atoms with Crippen molar-refractivity contribution in [3.8, 4) is 0 Å². The van der Waals surface area contributed by atoms with E-state index in [0.29, 0.717) is 19.3 Å². The summed E-state index contributed by atoms with van der Waals surface area (Å²) in [6.07, 6.45) is 87.5. The molecule has 80 heavy (non-hydrogen) atoms. The van der Waals surface area contributed by atoms with Gasteiger partial charge in [0.2, 0.25) is 0 Å². The molecule has 0 rings (SSSR count). The Morgan fingerprint density at radius 1 is 0.263 bits per heavy atom. The quantitative estimate of drug-likeness (QED) is 0.0261. The highest BCUT2D eigenvalue weighted by molar-refractivity contribution is 5.71. The van der Waals surface area contributed by atoms with E-state index in [-0.39, 0.29) is 31.1 Å². The first-order valence-corrected chi connectivity index (χ1v) is 35.6. The summed E-state index contributed by atoms with van der Waals surface area (Å²) < 4.78 is 16.9. The molecule has 0 aliphatic heterocycles. The number of hydrogen-bond donors (Lipinski definition) is 0. The number of allylic oxidation sites excluding steroid dienone is 8. The van der Waals surface area contributed by atoms with Gasteiger partial charge in [0.25, 0.3) is 0 Å². The fourth-order valence-corrected chi connectivity index (χ4v) is 10.8. The highest BCUT2D eigenvalue weighted by Crippen LogP contribution is 2.19. The van der Waals surface area contributed by atoms with Crippen molar-refractivity contribution < 1.29 is 28.6 Å². The molecule has 1 atom stereocenters. The van der Waals surface area contributed by atoms with E-state index in [2.05, 4.69) is 69.4 Å². The molecule has 0 aliphatic rings. The topological polar surface area (TPSA) is 78.9 Å². The second kappa shape index (κ2) is 68.9. The van der Waals surface area contributed by atoms with Crippen LogP contribution in [-0.2, 0) is 28.6 Å². The minimum atomic E-state index is -0.765. The Morgan fingerprint density at radius 2 is 0.487 bits per heavy atom. The summed E-state index contributed by atoms with van der Waals surface area (Å²) in [7, 11) is 0. The lowest BCUT2D eigenvalue weighted by molar-refractivity contribution is -0.167. The number of ether oxygens (including phenoxy) is 3. The maximum absolute atomic E-state index is 12.9. The van der Waals surface area contributed by atoms with Gasteiger partial charge in [-0.3, -0.25) is 14.4 Å². The van der Waals surface area contributed by atoms with Crippen LogP contribution >= 0.6 is 0 Å². The summed E-state index contributed by atoms with van der Waals surface area (Å²) in [4.78, 5) is 38.2. The Balaban J connectivity index is 3.97. The maximum Gasteiger partial charge on any atom is 0.306 e. The lowest BCUT2D eigenvalue weighted by Gasteiger charge is -2.18. The number of esters is 3. The van der Waals surface area contributed by atoms with E-state index in [0.717, 1.165) is 83.5 Å². The van der Waals surface area contributed by atoms with Gasteiger partial charge in [-0.25, -0.2) is 0 Å². The van der Waals surface area contributed by atoms with Crippen molar-refractivity contribution in [3.63, 3.8) is 0 Å². The minimum absolute atomic E-state index is 0.0648. The smallest absolute Gasteiger partial charge is 0.306 e. The van der Waals surface area contributed by atoms with Crippen LogP contribution < -0.4 is 0 Å². The molecule has 1 unspecified atom stereocenters. The fraction of sp³-hybridized carbons (Fsp3) is 0.851. The van der Waals surface area contributed by atoms with Crippen molar-refractivity contribution in [1.29, 1.82) is 0 Å². The summed E-state index contributed by atoms with van der Waals surface area (Å²) in [5, 5.41) is 0. The summed E-state index contributed by atoms with van der Waals surface area (Å²) >= 11 is 0. The number of rotatable bonds is 66. The van der Waals surface area contributed by atoms with Crippen molar-refractivity contribution in [2.45, 2.75) is 393 Å². The molecule has 0 saturated heterocycles. The fourth-order valence-electron chi connectivity index (χ4n) is 10.8. The molecule has 0 radical (unpaired) electrons. The largest absolute Gasteiger partial charge is 0.462 e. The van der Waals surface area contributed by atoms with Crippen LogP contribution in [0.5, 0.6) is 0 Å². The number of carbonyl (C=O) groups is 3. The third-order valence-electron chi connectivity index (χ3n) is 16.1. The molecular formula is C74H136O6. The molecule has 6 heteroatoms. The second-order valence-corrected chi connectivity index (χ2v) is 24.1. The maximum atomic E-state index is 12.9. The van der Waals surface area contributed by atoms with E-state index in [1.165, 1.54) is 263 Å². The SMILES string of the molecule is CC/C=C\C/C=C\C/C=C\C/C=C\CCCCCCCCCCCCCCCCCCCCCCCCC(=O)OCC(COC(=O)CCCCCCCCCC)OC(=O)CCCCCCCCCCCCCCCCCCCCC. The van der Waals surface area contributed by atoms with Gasteiger partial charge >= 0.3 is 17.9 Å². The molecule has 0 aromatic heterocycles. The molecule has 0 saturated carbocycles. The van der Waals surface area contributed by atoms with Gasteiger partial charge in [-0.05, 0) is 57.8 Å². The Kier molecular flexibility index (Phi) is 66.6. The molecule has 0 heterocycles. The van der Waals surface area contributed by atoms with Crippen molar-refractivity contribution in [2.24, 2.45) is 0 Å². The van der Waals surface area contributed by atoms with Crippen LogP contribution in [0.3, 0.4) is 0 Å². The monoisotopic (exact) mass is 1120 g/mol. The summed E-state index contributed by atoms with van der Waals surface area (Å²) in [6.45, 7) is 6.57. The molecule has 0 N–H and O–H groups in total. The zero-order valence-electron chi connectivity index (χ0n) is 53.9. The van der Waals surface area contributed by atoms with Gasteiger partial charge in [-0.15, -0.1) is 0 Å². The normalized spacial score (nSPS) is 12.3. The van der Waals surface area contributed by atoms with Gasteiger partial charge in [0, 0.05) is 19.3 Å². The molecule has 0 bridgehead atoms. The van der Waals surface area contributed by atoms with Gasteiger partial charge < -0.3 is 14.2 Å². The molecule has 0 fully saturated rings. The molecule has 0 aliphatic carbocycles. The van der Waals surface area contributed by atoms with E-state index in [1.807, 2.05) is 0 Å². The van der Waals surface area contributed by atoms with Crippen LogP contribution in [0.4, 0.5) is 0 Å². The van der Waals surface area contributed by atoms with Crippen molar-refractivity contribution >= 4 is 17.9 Å². The highest BCUT2D eigenvalue weighted by atomic mass is 16.6. The first kappa shape index (κ1) is 77.4. The Morgan fingerprint density at radius 3 is 0.762 bits per heavy atom. The van der Waals surface area contributed by atoms with Crippen molar-refractivity contribution in [3.05, 3.63) is 48.6 Å². The van der Waals surface area contributed by atoms with Gasteiger partial charge in [0.15, 0.2) is 6.10 Å². The molecule has 6 nitrogen and oxygen atoms in total. The molecular weight excluding hydrogens is 985 g/mol. The lowest BCUT2D eigenvalue weighted by Crippen LogP contribution is -2.30. The first-order chi connectivity index (χ1) is 39.5. The first-order valence-electron chi connectivity index (χ1n) is 35.6. The third kappa shape index (κ3) is 66.2. The summed E-state index contributed by atoms with van der Waals surface area (Å²) in [5.41, 5.74) is 0. The summed E-state index contributed by atoms with van der Waals surface area (Å²) in [6, 6.07) is 0. The van der Waals surface area contributed by atoms with E-state index < -0.39 is 6.10 Å². The predicted octanol–water partition coefficient (Wildman–Crippen LogP) is 24.5. The minimum Gasteiger partial charge on any atom is -0.462 e. The second-order valence-electron chi connectivity index (χ2n) is 24.1. The third-order valence-corrected chi connectivity index (χ3v) is 16.1. The van der Waals surface area contributed by atoms with Crippen LogP contribution in [0.2, 0.25) is 0 Å². The zero-order valence-corrected chi connectivity index (χ0v) is 53.9. The molecule has 0 amide bonds. The molecule has 0 spiro atoms. The number of hydrogen-bond acceptors (Lipinski definition) is 6. The molecule has 0 aromatic rings. The van der Waals surface area contributed by atoms with E-state index in [9.17, 15) is 14.4 Å². The van der Waals surface area contributed by atoms with Crippen LogP contribution in [0.1, 0.15) is 387 Å². The Hall–Kier alpha value is -2.63. The van der Waals surface area contributed by atoms with Gasteiger partial charge in [0.1, 0.15) is 13.2 Å². The lowest BCUT2D eigenvalue weighted by atomic mass is 10.0. The van der Waals surface area contributed by atoms with Gasteiger partial charge in [-0.2, -0.15) is 0 Å². The number of unbranched alkanes of at least 4 members (excludes halogenated alkanes) is 47. The Labute approximate surface area is 498 Å². The predicted molar refractivity (Wildman–Crippen MR) is 349 cm³/mol. The van der Waals surface area contributed by atoms with E-state index in [4.69, 9.17) is 14.2 Å². The standard InChI is InChI=1S/C74H136O6/c1-4-7-10-13-16-19-21-23-25-27-29-30-31-32-33-34-35-36-37-38-39-40-41-42-43-44-46-47-49-51-53-55-58-61-64-67-73(76)79-70-71(69-78-72(75)66-63-60-57-18-15-12-9-6-3)80-74(77)68-65-62-59-56-54-52-50-48-45-28-26-24-22-20-17-14-11-8-5-2/h7,10,16,19,23,25,29-30,71H,4-6,8-9,11-15,17-18,20-22,24,26-28,31-70H2,1-3H3/b10-7-,19-16-,25-23-,30-29-. The zero-order chi connectivity index (χ0) is 57.8. The van der Waals surface area contributed by atoms with Crippen molar-refractivity contribution in [1.82, 2.24) is 0 Å². The van der Waals surface area contributed by atoms with E-state index in [1.54, 1.807) is 0 Å². The van der Waals surface area contributed by atoms with Crippen LogP contribution in [-0.4, -0.2) is 37.2 Å². The molecule has 0 aromatic carbocycles. The molecule has 468 valence electrons. The van der Waals surface area contributed by atoms with E-state index >= 15 is 0 Å².